The molecule has 0 aliphatic carbocycles. The molecule has 0 spiro atoms. The number of rotatable bonds is 3. The van der Waals surface area contributed by atoms with Crippen molar-refractivity contribution in [1.82, 2.24) is 25.4 Å². The zero-order valence-corrected chi connectivity index (χ0v) is 16.1. The molecule has 3 rings (SSSR count). The van der Waals surface area contributed by atoms with E-state index < -0.39 is 17.8 Å². The molecule has 10 heteroatoms. The van der Waals surface area contributed by atoms with Gasteiger partial charge in [-0.05, 0) is 45.2 Å². The number of likely N-dealkylation sites (tertiary alicyclic amines) is 1. The number of carbonyl (C=O) groups is 2. The van der Waals surface area contributed by atoms with Gasteiger partial charge in [0.15, 0.2) is 0 Å². The van der Waals surface area contributed by atoms with E-state index in [0.29, 0.717) is 43.6 Å². The molecule has 1 atom stereocenters. The number of pyridine rings is 1. The highest BCUT2D eigenvalue weighted by atomic mass is 19.4. The van der Waals surface area contributed by atoms with Gasteiger partial charge in [-0.15, -0.1) is 0 Å². The van der Waals surface area contributed by atoms with Gasteiger partial charge in [0.2, 0.25) is 0 Å². The predicted molar refractivity (Wildman–Crippen MR) is 98.3 cm³/mol. The van der Waals surface area contributed by atoms with Crippen molar-refractivity contribution in [2.45, 2.75) is 45.3 Å². The maximum absolute atomic E-state index is 12.7. The van der Waals surface area contributed by atoms with Crippen LogP contribution in [0.5, 0.6) is 0 Å². The summed E-state index contributed by atoms with van der Waals surface area (Å²) in [6.07, 6.45) is -1.11. The fraction of sp³-hybridized carbons (Fsp3) is 0.474. The Bertz CT molecular complexity index is 909. The van der Waals surface area contributed by atoms with Crippen molar-refractivity contribution in [2.24, 2.45) is 0 Å². The van der Waals surface area contributed by atoms with E-state index in [1.54, 1.807) is 11.8 Å². The van der Waals surface area contributed by atoms with Gasteiger partial charge in [-0.1, -0.05) is 0 Å². The number of aryl methyl sites for hydroxylation is 2. The Morgan fingerprint density at radius 1 is 1.17 bits per heavy atom. The van der Waals surface area contributed by atoms with Crippen molar-refractivity contribution in [2.75, 3.05) is 13.1 Å². The van der Waals surface area contributed by atoms with Gasteiger partial charge >= 0.3 is 6.18 Å². The minimum absolute atomic E-state index is 0.0261. The Balaban J connectivity index is 1.62. The van der Waals surface area contributed by atoms with Crippen LogP contribution in [-0.4, -0.2) is 51.0 Å². The highest BCUT2D eigenvalue weighted by Gasteiger charge is 2.33. The summed E-state index contributed by atoms with van der Waals surface area (Å²) < 4.78 is 38.2. The minimum atomic E-state index is -4.55. The molecule has 1 aliphatic rings. The Morgan fingerprint density at radius 3 is 2.55 bits per heavy atom. The van der Waals surface area contributed by atoms with Crippen LogP contribution in [0.4, 0.5) is 13.2 Å². The molecule has 0 saturated carbocycles. The Labute approximate surface area is 165 Å². The largest absolute Gasteiger partial charge is 0.433 e. The third-order valence-corrected chi connectivity index (χ3v) is 5.03. The van der Waals surface area contributed by atoms with Crippen molar-refractivity contribution in [3.63, 3.8) is 0 Å². The van der Waals surface area contributed by atoms with Crippen molar-refractivity contribution in [3.8, 4) is 0 Å². The Hall–Kier alpha value is -2.91. The molecule has 3 heterocycles. The number of aromatic amines is 1. The van der Waals surface area contributed by atoms with Crippen LogP contribution in [0.15, 0.2) is 18.3 Å². The Kier molecular flexibility index (Phi) is 5.90. The smallest absolute Gasteiger partial charge is 0.349 e. The summed E-state index contributed by atoms with van der Waals surface area (Å²) in [5.74, 6) is -0.565. The van der Waals surface area contributed by atoms with Crippen LogP contribution in [0.3, 0.4) is 0 Å². The lowest BCUT2D eigenvalue weighted by atomic mass is 10.1. The van der Waals surface area contributed by atoms with Gasteiger partial charge < -0.3 is 10.2 Å². The number of aromatic nitrogens is 3. The molecule has 0 unspecified atom stereocenters. The maximum atomic E-state index is 12.7. The topological polar surface area (TPSA) is 91.0 Å². The van der Waals surface area contributed by atoms with Crippen molar-refractivity contribution < 1.29 is 22.8 Å². The quantitative estimate of drug-likeness (QED) is 0.816. The summed E-state index contributed by atoms with van der Waals surface area (Å²) >= 11 is 0. The SMILES string of the molecule is Cc1nc(C(F)(F)F)ccc1C(=O)N[C@@H]1CCCN(C(=O)c2cn[nH]c2C)CC1. The van der Waals surface area contributed by atoms with E-state index in [4.69, 9.17) is 0 Å². The summed E-state index contributed by atoms with van der Waals surface area (Å²) in [4.78, 5) is 30.4. The Morgan fingerprint density at radius 2 is 1.93 bits per heavy atom. The number of H-pyrrole nitrogens is 1. The van der Waals surface area contributed by atoms with Crippen molar-refractivity contribution in [1.29, 1.82) is 0 Å². The molecule has 156 valence electrons. The van der Waals surface area contributed by atoms with E-state index in [1.807, 2.05) is 0 Å². The molecule has 0 bridgehead atoms. The number of nitrogens with zero attached hydrogens (tertiary/aromatic N) is 3. The predicted octanol–water partition coefficient (Wildman–Crippen LogP) is 2.87. The third kappa shape index (κ3) is 4.75. The molecule has 2 aromatic heterocycles. The molecule has 29 heavy (non-hydrogen) atoms. The molecule has 1 aliphatic heterocycles. The van der Waals surface area contributed by atoms with E-state index in [9.17, 15) is 22.8 Å². The van der Waals surface area contributed by atoms with Gasteiger partial charge in [-0.25, -0.2) is 4.98 Å². The van der Waals surface area contributed by atoms with Crippen LogP contribution >= 0.6 is 0 Å². The fourth-order valence-electron chi connectivity index (χ4n) is 3.40. The molecule has 7 nitrogen and oxygen atoms in total. The third-order valence-electron chi connectivity index (χ3n) is 5.03. The fourth-order valence-corrected chi connectivity index (χ4v) is 3.40. The van der Waals surface area contributed by atoms with E-state index in [-0.39, 0.29) is 23.2 Å². The zero-order chi connectivity index (χ0) is 21.2. The van der Waals surface area contributed by atoms with Crippen LogP contribution in [0.2, 0.25) is 0 Å². The molecule has 0 aromatic carbocycles. The molecule has 1 fully saturated rings. The minimum Gasteiger partial charge on any atom is -0.349 e. The average Bonchev–Trinajstić information content (AvgIpc) is 2.94. The number of hydrogen-bond acceptors (Lipinski definition) is 4. The monoisotopic (exact) mass is 409 g/mol. The highest BCUT2D eigenvalue weighted by Crippen LogP contribution is 2.28. The molecule has 0 radical (unpaired) electrons. The van der Waals surface area contributed by atoms with Crippen LogP contribution in [0.1, 0.15) is 57.1 Å². The lowest BCUT2D eigenvalue weighted by Crippen LogP contribution is -2.37. The number of alkyl halides is 3. The van der Waals surface area contributed by atoms with Gasteiger partial charge in [-0.2, -0.15) is 18.3 Å². The molecular weight excluding hydrogens is 387 g/mol. The highest BCUT2D eigenvalue weighted by molar-refractivity contribution is 5.96. The maximum Gasteiger partial charge on any atom is 0.433 e. The first-order chi connectivity index (χ1) is 13.7. The molecule has 2 aromatic rings. The van der Waals surface area contributed by atoms with Gasteiger partial charge in [0.25, 0.3) is 11.8 Å². The molecule has 1 saturated heterocycles. The lowest BCUT2D eigenvalue weighted by Gasteiger charge is -2.21. The standard InChI is InChI=1S/C19H22F3N5O2/c1-11-14(5-6-16(24-11)19(20,21)22)17(28)25-13-4-3-8-27(9-7-13)18(29)15-10-23-26-12(15)2/h5-6,10,13H,3-4,7-9H2,1-2H3,(H,23,26)(H,25,28)/t13-/m1/s1. The first kappa shape index (κ1) is 20.8. The molecule has 2 N–H and O–H groups in total. The number of nitrogens with one attached hydrogen (secondary N) is 2. The van der Waals surface area contributed by atoms with Gasteiger partial charge in [0.05, 0.1) is 23.0 Å². The van der Waals surface area contributed by atoms with E-state index in [1.165, 1.54) is 13.1 Å². The average molecular weight is 409 g/mol. The van der Waals surface area contributed by atoms with Crippen molar-refractivity contribution in [3.05, 3.63) is 46.5 Å². The molecular formula is C19H22F3N5O2. The van der Waals surface area contributed by atoms with E-state index in [2.05, 4.69) is 20.5 Å². The number of hydrogen-bond donors (Lipinski definition) is 2. The summed E-state index contributed by atoms with van der Waals surface area (Å²) in [6.45, 7) is 4.20. The first-order valence-electron chi connectivity index (χ1n) is 9.31. The number of carbonyl (C=O) groups excluding carboxylic acids is 2. The first-order valence-corrected chi connectivity index (χ1v) is 9.31. The second kappa shape index (κ2) is 8.22. The molecule has 2 amide bonds. The van der Waals surface area contributed by atoms with E-state index in [0.717, 1.165) is 12.1 Å². The van der Waals surface area contributed by atoms with Gasteiger partial charge in [0.1, 0.15) is 5.69 Å². The summed E-state index contributed by atoms with van der Waals surface area (Å²) in [5, 5.41) is 9.48. The zero-order valence-electron chi connectivity index (χ0n) is 16.1. The second-order valence-corrected chi connectivity index (χ2v) is 7.13. The van der Waals surface area contributed by atoms with Crippen LogP contribution in [0.25, 0.3) is 0 Å². The lowest BCUT2D eigenvalue weighted by molar-refractivity contribution is -0.141. The summed E-state index contributed by atoms with van der Waals surface area (Å²) in [6, 6.07) is 1.78. The normalized spacial score (nSPS) is 17.7. The van der Waals surface area contributed by atoms with Crippen LogP contribution < -0.4 is 5.32 Å². The van der Waals surface area contributed by atoms with Gasteiger partial charge in [0, 0.05) is 24.8 Å². The van der Waals surface area contributed by atoms with Crippen LogP contribution in [-0.2, 0) is 6.18 Å². The van der Waals surface area contributed by atoms with Gasteiger partial charge in [-0.3, -0.25) is 14.7 Å². The number of amides is 2. The van der Waals surface area contributed by atoms with Crippen LogP contribution in [0, 0.1) is 13.8 Å². The van der Waals surface area contributed by atoms with E-state index >= 15 is 0 Å². The van der Waals surface area contributed by atoms with Crippen molar-refractivity contribution >= 4 is 11.8 Å². The summed E-state index contributed by atoms with van der Waals surface area (Å²) in [5.41, 5.74) is 0.348. The summed E-state index contributed by atoms with van der Waals surface area (Å²) in [7, 11) is 0. The second-order valence-electron chi connectivity index (χ2n) is 7.13. The number of halogens is 3.